The Hall–Kier alpha value is -3.52. The van der Waals surface area contributed by atoms with Gasteiger partial charge in [-0.05, 0) is 78.4 Å². The lowest BCUT2D eigenvalue weighted by atomic mass is 9.98. The van der Waals surface area contributed by atoms with E-state index in [1.54, 1.807) is 0 Å². The van der Waals surface area contributed by atoms with Gasteiger partial charge in [-0.2, -0.15) is 0 Å². The molecule has 1 aliphatic rings. The predicted molar refractivity (Wildman–Crippen MR) is 143 cm³/mol. The summed E-state index contributed by atoms with van der Waals surface area (Å²) in [7, 11) is 0. The molecule has 1 atom stereocenters. The number of aryl methyl sites for hydroxylation is 1. The number of rotatable bonds is 7. The Balaban J connectivity index is 1.58. The molecular formula is C28H35N7O. The number of nitrogens with zero attached hydrogens (tertiary/aromatic N) is 6. The van der Waals surface area contributed by atoms with Crippen LogP contribution in [0.3, 0.4) is 0 Å². The predicted octanol–water partition coefficient (Wildman–Crippen LogP) is 4.13. The largest absolute Gasteiger partial charge is 0.369 e. The van der Waals surface area contributed by atoms with Crippen molar-refractivity contribution in [3.63, 3.8) is 0 Å². The molecule has 188 valence electrons. The van der Waals surface area contributed by atoms with E-state index in [4.69, 9.17) is 0 Å². The quantitative estimate of drug-likeness (QED) is 0.424. The van der Waals surface area contributed by atoms with Crippen molar-refractivity contribution >= 4 is 16.6 Å². The molecule has 1 fully saturated rings. The van der Waals surface area contributed by atoms with Crippen molar-refractivity contribution in [3.05, 3.63) is 81.9 Å². The summed E-state index contributed by atoms with van der Waals surface area (Å²) in [5, 5.41) is 14.0. The highest BCUT2D eigenvalue weighted by atomic mass is 16.1. The zero-order chi connectivity index (χ0) is 25.3. The molecule has 8 nitrogen and oxygen atoms in total. The van der Waals surface area contributed by atoms with Crippen molar-refractivity contribution in [2.75, 3.05) is 31.1 Å². The van der Waals surface area contributed by atoms with Gasteiger partial charge in [-0.3, -0.25) is 9.69 Å². The zero-order valence-corrected chi connectivity index (χ0v) is 21.6. The Morgan fingerprint density at radius 3 is 2.44 bits per heavy atom. The van der Waals surface area contributed by atoms with E-state index in [0.717, 1.165) is 49.9 Å². The van der Waals surface area contributed by atoms with Crippen molar-refractivity contribution < 1.29 is 0 Å². The highest BCUT2D eigenvalue weighted by molar-refractivity contribution is 5.80. The molecule has 0 bridgehead atoms. The molecule has 0 spiro atoms. The molecule has 3 heterocycles. The number of para-hydroxylation sites is 1. The van der Waals surface area contributed by atoms with Gasteiger partial charge in [0.1, 0.15) is 6.04 Å². The first-order valence-corrected chi connectivity index (χ1v) is 12.9. The van der Waals surface area contributed by atoms with E-state index in [2.05, 4.69) is 94.4 Å². The molecule has 4 aromatic rings. The first-order valence-electron chi connectivity index (χ1n) is 12.9. The van der Waals surface area contributed by atoms with E-state index in [9.17, 15) is 4.79 Å². The summed E-state index contributed by atoms with van der Waals surface area (Å²) in [6.45, 7) is 11.9. The van der Waals surface area contributed by atoms with Crippen LogP contribution in [-0.4, -0.2) is 56.3 Å². The summed E-state index contributed by atoms with van der Waals surface area (Å²) in [5.41, 5.74) is 3.63. The minimum Gasteiger partial charge on any atom is -0.369 e. The third kappa shape index (κ3) is 4.53. The minimum absolute atomic E-state index is 0.0916. The second kappa shape index (κ2) is 9.85. The number of hydrogen-bond donors (Lipinski definition) is 1. The van der Waals surface area contributed by atoms with Crippen molar-refractivity contribution in [2.24, 2.45) is 0 Å². The van der Waals surface area contributed by atoms with Crippen LogP contribution in [0.1, 0.15) is 57.1 Å². The van der Waals surface area contributed by atoms with Crippen LogP contribution in [0.25, 0.3) is 10.9 Å². The molecule has 1 saturated heterocycles. The van der Waals surface area contributed by atoms with Crippen LogP contribution >= 0.6 is 0 Å². The summed E-state index contributed by atoms with van der Waals surface area (Å²) in [6.07, 6.45) is 1.81. The molecular weight excluding hydrogens is 450 g/mol. The van der Waals surface area contributed by atoms with Crippen molar-refractivity contribution in [1.82, 2.24) is 30.1 Å². The first-order chi connectivity index (χ1) is 17.4. The number of pyridine rings is 1. The molecule has 1 unspecified atom stereocenters. The number of tetrazole rings is 1. The van der Waals surface area contributed by atoms with Crippen LogP contribution < -0.4 is 10.5 Å². The fraction of sp³-hybridized carbons (Fsp3) is 0.429. The highest BCUT2D eigenvalue weighted by Gasteiger charge is 2.35. The summed E-state index contributed by atoms with van der Waals surface area (Å²) < 4.78 is 1.91. The van der Waals surface area contributed by atoms with Gasteiger partial charge in [0.15, 0.2) is 5.82 Å². The van der Waals surface area contributed by atoms with Gasteiger partial charge in [-0.1, -0.05) is 38.1 Å². The van der Waals surface area contributed by atoms with Crippen molar-refractivity contribution in [2.45, 2.75) is 52.1 Å². The van der Waals surface area contributed by atoms with Gasteiger partial charge >= 0.3 is 0 Å². The van der Waals surface area contributed by atoms with Gasteiger partial charge in [-0.15, -0.1) is 5.10 Å². The Kier molecular flexibility index (Phi) is 6.62. The molecule has 1 aliphatic heterocycles. The average molecular weight is 486 g/mol. The van der Waals surface area contributed by atoms with Gasteiger partial charge in [0.2, 0.25) is 0 Å². The van der Waals surface area contributed by atoms with E-state index >= 15 is 0 Å². The number of nitrogens with one attached hydrogen (secondary N) is 1. The molecule has 2 aromatic carbocycles. The monoisotopic (exact) mass is 485 g/mol. The number of anilines is 1. The Bertz CT molecular complexity index is 1380. The second-order valence-corrected chi connectivity index (χ2v) is 10.2. The maximum absolute atomic E-state index is 13.5. The Labute approximate surface area is 211 Å². The van der Waals surface area contributed by atoms with Gasteiger partial charge in [0.25, 0.3) is 5.56 Å². The number of aromatic nitrogens is 5. The number of piperazine rings is 1. The number of benzene rings is 2. The lowest BCUT2D eigenvalue weighted by Crippen LogP contribution is -2.49. The maximum atomic E-state index is 13.5. The zero-order valence-electron chi connectivity index (χ0n) is 21.6. The summed E-state index contributed by atoms with van der Waals surface area (Å²) in [6, 6.07) is 18.4. The van der Waals surface area contributed by atoms with Gasteiger partial charge in [-0.25, -0.2) is 4.68 Å². The molecule has 1 N–H and O–H groups in total. The topological polar surface area (TPSA) is 82.9 Å². The van der Waals surface area contributed by atoms with Crippen LogP contribution in [-0.2, 0) is 12.0 Å². The van der Waals surface area contributed by atoms with Crippen LogP contribution in [0.5, 0.6) is 0 Å². The number of H-pyrrole nitrogens is 1. The van der Waals surface area contributed by atoms with E-state index in [0.29, 0.717) is 11.4 Å². The molecule has 0 aliphatic carbocycles. The summed E-state index contributed by atoms with van der Waals surface area (Å²) in [4.78, 5) is 21.4. The van der Waals surface area contributed by atoms with Gasteiger partial charge in [0, 0.05) is 42.9 Å². The fourth-order valence-corrected chi connectivity index (χ4v) is 5.02. The fourth-order valence-electron chi connectivity index (χ4n) is 5.02. The number of aromatic amines is 1. The van der Waals surface area contributed by atoms with Gasteiger partial charge in [0.05, 0.1) is 5.54 Å². The SMILES string of the molecule is CCc1ccc2[nH]c(=O)c(C(c3nnnn3C(C)(C)CC)N3CCN(c4ccccc4)CC3)cc2c1. The van der Waals surface area contributed by atoms with Crippen molar-refractivity contribution in [1.29, 1.82) is 0 Å². The maximum Gasteiger partial charge on any atom is 0.253 e. The summed E-state index contributed by atoms with van der Waals surface area (Å²) >= 11 is 0. The standard InChI is InChI=1S/C28H35N7O/c1-5-20-12-13-24-21(18-20)19-23(27(36)29-24)25(26-30-31-32-35(26)28(3,4)6-2)34-16-14-33(15-17-34)22-10-8-7-9-11-22/h7-13,18-19,25H,5-6,14-17H2,1-4H3,(H,29,36). The highest BCUT2D eigenvalue weighted by Crippen LogP contribution is 2.32. The van der Waals surface area contributed by atoms with E-state index < -0.39 is 0 Å². The minimum atomic E-state index is -0.345. The second-order valence-electron chi connectivity index (χ2n) is 10.2. The lowest BCUT2D eigenvalue weighted by molar-refractivity contribution is 0.186. The number of fused-ring (bicyclic) bond motifs is 1. The van der Waals surface area contributed by atoms with E-state index in [-0.39, 0.29) is 17.1 Å². The Morgan fingerprint density at radius 1 is 1.00 bits per heavy atom. The Morgan fingerprint density at radius 2 is 1.75 bits per heavy atom. The average Bonchev–Trinajstić information content (AvgIpc) is 3.40. The van der Waals surface area contributed by atoms with Gasteiger partial charge < -0.3 is 9.88 Å². The first kappa shape index (κ1) is 24.2. The lowest BCUT2D eigenvalue weighted by Gasteiger charge is -2.40. The van der Waals surface area contributed by atoms with Crippen LogP contribution in [0.4, 0.5) is 5.69 Å². The third-order valence-corrected chi connectivity index (χ3v) is 7.62. The molecule has 0 saturated carbocycles. The molecule has 2 aromatic heterocycles. The third-order valence-electron chi connectivity index (χ3n) is 7.62. The van der Waals surface area contributed by atoms with E-state index in [1.807, 2.05) is 22.9 Å². The van der Waals surface area contributed by atoms with Crippen LogP contribution in [0.2, 0.25) is 0 Å². The molecule has 0 amide bonds. The normalized spacial score (nSPS) is 15.9. The van der Waals surface area contributed by atoms with Crippen LogP contribution in [0.15, 0.2) is 59.4 Å². The smallest absolute Gasteiger partial charge is 0.253 e. The molecule has 5 rings (SSSR count). The molecule has 0 radical (unpaired) electrons. The summed E-state index contributed by atoms with van der Waals surface area (Å²) in [5.74, 6) is 0.714. The molecule has 8 heteroatoms. The van der Waals surface area contributed by atoms with Crippen molar-refractivity contribution in [3.8, 4) is 0 Å². The van der Waals surface area contributed by atoms with Crippen LogP contribution in [0, 0.1) is 0 Å². The molecule has 36 heavy (non-hydrogen) atoms. The van der Waals surface area contributed by atoms with E-state index in [1.165, 1.54) is 11.3 Å². The number of hydrogen-bond acceptors (Lipinski definition) is 6.